The number of rotatable bonds is 4. The molecule has 3 aromatic rings. The molecule has 0 aliphatic carbocycles. The van der Waals surface area contributed by atoms with Gasteiger partial charge in [0.15, 0.2) is 0 Å². The molecule has 3 rings (SSSR count). The third kappa shape index (κ3) is 2.74. The van der Waals surface area contributed by atoms with Crippen molar-refractivity contribution in [3.05, 3.63) is 72.1 Å². The Balaban J connectivity index is 1.85. The van der Waals surface area contributed by atoms with Gasteiger partial charge in [0.05, 0.1) is 28.5 Å². The van der Waals surface area contributed by atoms with E-state index in [0.717, 1.165) is 28.5 Å². The van der Waals surface area contributed by atoms with Gasteiger partial charge in [0, 0.05) is 0 Å². The summed E-state index contributed by atoms with van der Waals surface area (Å²) in [6.45, 7) is 4.06. The van der Waals surface area contributed by atoms with Gasteiger partial charge < -0.3 is 5.43 Å². The molecule has 0 amide bonds. The average Bonchev–Trinajstić information content (AvgIpc) is 2.82. The van der Waals surface area contributed by atoms with Crippen LogP contribution in [0.25, 0.3) is 5.69 Å². The molecule has 0 aliphatic heterocycles. The van der Waals surface area contributed by atoms with Crippen molar-refractivity contribution in [3.63, 3.8) is 0 Å². The Bertz CT molecular complexity index is 717. The number of anilines is 2. The molecule has 4 nitrogen and oxygen atoms in total. The normalized spacial score (nSPS) is 10.4. The molecule has 2 aromatic carbocycles. The average molecular weight is 278 g/mol. The van der Waals surface area contributed by atoms with Crippen LogP contribution in [-0.2, 0) is 0 Å². The molecule has 106 valence electrons. The van der Waals surface area contributed by atoms with Gasteiger partial charge in [-0.05, 0) is 38.1 Å². The maximum Gasteiger partial charge on any atom is 0.0983 e. The maximum atomic E-state index is 4.61. The van der Waals surface area contributed by atoms with Gasteiger partial charge in [-0.15, -0.1) is 0 Å². The van der Waals surface area contributed by atoms with Gasteiger partial charge in [-0.1, -0.05) is 36.4 Å². The van der Waals surface area contributed by atoms with Crippen molar-refractivity contribution in [2.45, 2.75) is 13.8 Å². The number of hydrazine groups is 1. The van der Waals surface area contributed by atoms with Crippen LogP contribution in [-0.4, -0.2) is 9.78 Å². The van der Waals surface area contributed by atoms with E-state index in [4.69, 9.17) is 0 Å². The lowest BCUT2D eigenvalue weighted by Gasteiger charge is -2.10. The molecule has 2 N–H and O–H groups in total. The van der Waals surface area contributed by atoms with Crippen molar-refractivity contribution in [1.29, 1.82) is 0 Å². The molecule has 4 heteroatoms. The van der Waals surface area contributed by atoms with E-state index in [1.165, 1.54) is 0 Å². The van der Waals surface area contributed by atoms with E-state index in [0.29, 0.717) is 0 Å². The van der Waals surface area contributed by atoms with Crippen LogP contribution in [0.4, 0.5) is 11.4 Å². The quantitative estimate of drug-likeness (QED) is 0.711. The summed E-state index contributed by atoms with van der Waals surface area (Å²) in [6.07, 6.45) is 0. The van der Waals surface area contributed by atoms with Crippen molar-refractivity contribution in [3.8, 4) is 5.69 Å². The standard InChI is InChI=1S/C17H18N4/c1-13-17(19-18-15-9-5-3-6-10-15)14(2)21(20-13)16-11-7-4-8-12-16/h3-12,18-19H,1-2H3. The fourth-order valence-corrected chi connectivity index (χ4v) is 2.30. The van der Waals surface area contributed by atoms with Gasteiger partial charge in [0.25, 0.3) is 0 Å². The van der Waals surface area contributed by atoms with Crippen molar-refractivity contribution in [2.24, 2.45) is 0 Å². The largest absolute Gasteiger partial charge is 0.301 e. The predicted octanol–water partition coefficient (Wildman–Crippen LogP) is 3.93. The van der Waals surface area contributed by atoms with Crippen molar-refractivity contribution >= 4 is 11.4 Å². The summed E-state index contributed by atoms with van der Waals surface area (Å²) in [5.41, 5.74) is 11.6. The van der Waals surface area contributed by atoms with Crippen LogP contribution >= 0.6 is 0 Å². The van der Waals surface area contributed by atoms with Gasteiger partial charge in [-0.25, -0.2) is 4.68 Å². The number of aromatic nitrogens is 2. The lowest BCUT2D eigenvalue weighted by Crippen LogP contribution is -2.10. The van der Waals surface area contributed by atoms with E-state index in [1.807, 2.05) is 72.3 Å². The number of aryl methyl sites for hydroxylation is 1. The molecule has 0 unspecified atom stereocenters. The Morgan fingerprint density at radius 3 is 2.10 bits per heavy atom. The zero-order valence-corrected chi connectivity index (χ0v) is 12.2. The first-order valence-corrected chi connectivity index (χ1v) is 6.94. The minimum Gasteiger partial charge on any atom is -0.301 e. The second-order valence-electron chi connectivity index (χ2n) is 4.91. The van der Waals surface area contributed by atoms with Crippen LogP contribution in [0.5, 0.6) is 0 Å². The molecule has 0 atom stereocenters. The third-order valence-electron chi connectivity index (χ3n) is 3.40. The molecule has 0 fully saturated rings. The van der Waals surface area contributed by atoms with Crippen LogP contribution in [0.3, 0.4) is 0 Å². The molecular weight excluding hydrogens is 260 g/mol. The van der Waals surface area contributed by atoms with Gasteiger partial charge in [-0.3, -0.25) is 5.43 Å². The Morgan fingerprint density at radius 2 is 1.43 bits per heavy atom. The Hall–Kier alpha value is -2.75. The highest BCUT2D eigenvalue weighted by molar-refractivity contribution is 5.59. The van der Waals surface area contributed by atoms with Crippen LogP contribution in [0.2, 0.25) is 0 Å². The number of hydrogen-bond acceptors (Lipinski definition) is 3. The summed E-state index contributed by atoms with van der Waals surface area (Å²) in [4.78, 5) is 0. The molecule has 0 radical (unpaired) electrons. The van der Waals surface area contributed by atoms with E-state index >= 15 is 0 Å². The van der Waals surface area contributed by atoms with E-state index in [9.17, 15) is 0 Å². The first-order valence-electron chi connectivity index (χ1n) is 6.94. The van der Waals surface area contributed by atoms with Gasteiger partial charge in [0.2, 0.25) is 0 Å². The highest BCUT2D eigenvalue weighted by Crippen LogP contribution is 2.22. The minimum atomic E-state index is 0.958. The third-order valence-corrected chi connectivity index (χ3v) is 3.40. The van der Waals surface area contributed by atoms with Crippen molar-refractivity contribution in [1.82, 2.24) is 9.78 Å². The lowest BCUT2D eigenvalue weighted by atomic mass is 10.3. The van der Waals surface area contributed by atoms with Gasteiger partial charge >= 0.3 is 0 Å². The second kappa shape index (κ2) is 5.71. The number of nitrogens with zero attached hydrogens (tertiary/aromatic N) is 2. The molecule has 1 aromatic heterocycles. The van der Waals surface area contributed by atoms with E-state index < -0.39 is 0 Å². The minimum absolute atomic E-state index is 0.958. The Morgan fingerprint density at radius 1 is 0.810 bits per heavy atom. The van der Waals surface area contributed by atoms with Crippen LogP contribution in [0.1, 0.15) is 11.4 Å². The van der Waals surface area contributed by atoms with Crippen LogP contribution in [0, 0.1) is 13.8 Å². The Kier molecular flexibility index (Phi) is 3.60. The second-order valence-corrected chi connectivity index (χ2v) is 4.91. The predicted molar refractivity (Wildman–Crippen MR) is 86.7 cm³/mol. The van der Waals surface area contributed by atoms with E-state index in [2.05, 4.69) is 22.9 Å². The summed E-state index contributed by atoms with van der Waals surface area (Å²) in [5, 5.41) is 4.61. The summed E-state index contributed by atoms with van der Waals surface area (Å²) in [5.74, 6) is 0. The molecule has 0 aliphatic rings. The zero-order chi connectivity index (χ0) is 14.7. The molecule has 0 saturated heterocycles. The fraction of sp³-hybridized carbons (Fsp3) is 0.118. The molecule has 0 saturated carbocycles. The zero-order valence-electron chi connectivity index (χ0n) is 12.2. The van der Waals surface area contributed by atoms with Crippen LogP contribution < -0.4 is 10.9 Å². The van der Waals surface area contributed by atoms with Gasteiger partial charge in [0.1, 0.15) is 0 Å². The molecule has 0 bridgehead atoms. The SMILES string of the molecule is Cc1nn(-c2ccccc2)c(C)c1NNc1ccccc1. The van der Waals surface area contributed by atoms with Gasteiger partial charge in [-0.2, -0.15) is 5.10 Å². The number of para-hydroxylation sites is 2. The van der Waals surface area contributed by atoms with Crippen molar-refractivity contribution < 1.29 is 0 Å². The summed E-state index contributed by atoms with van der Waals surface area (Å²) < 4.78 is 1.95. The number of benzene rings is 2. The molecule has 21 heavy (non-hydrogen) atoms. The summed E-state index contributed by atoms with van der Waals surface area (Å²) in [7, 11) is 0. The van der Waals surface area contributed by atoms with Crippen LogP contribution in [0.15, 0.2) is 60.7 Å². The van der Waals surface area contributed by atoms with Crippen molar-refractivity contribution in [2.75, 3.05) is 10.9 Å². The first kappa shape index (κ1) is 13.2. The highest BCUT2D eigenvalue weighted by atomic mass is 15.4. The summed E-state index contributed by atoms with van der Waals surface area (Å²) >= 11 is 0. The number of nitrogens with one attached hydrogen (secondary N) is 2. The molecular formula is C17H18N4. The highest BCUT2D eigenvalue weighted by Gasteiger charge is 2.12. The first-order chi connectivity index (χ1) is 10.3. The Labute approximate surface area is 124 Å². The topological polar surface area (TPSA) is 41.9 Å². The smallest absolute Gasteiger partial charge is 0.0983 e. The molecule has 0 spiro atoms. The number of hydrogen-bond donors (Lipinski definition) is 2. The lowest BCUT2D eigenvalue weighted by molar-refractivity contribution is 0.834. The maximum absolute atomic E-state index is 4.61. The molecule has 1 heterocycles. The fourth-order valence-electron chi connectivity index (χ4n) is 2.30. The monoisotopic (exact) mass is 278 g/mol. The van der Waals surface area contributed by atoms with E-state index in [-0.39, 0.29) is 0 Å². The van der Waals surface area contributed by atoms with E-state index in [1.54, 1.807) is 0 Å². The summed E-state index contributed by atoms with van der Waals surface area (Å²) in [6, 6.07) is 20.1.